The average Bonchev–Trinajstić information content (AvgIpc) is 3.23. The quantitative estimate of drug-likeness (QED) is 0.617. The number of carbonyl (C=O) groups is 1. The molecule has 1 N–H and O–H groups in total. The summed E-state index contributed by atoms with van der Waals surface area (Å²) in [6.07, 6.45) is 0.739. The molecule has 3 aromatic rings. The minimum Gasteiger partial charge on any atom is -0.302 e. The summed E-state index contributed by atoms with van der Waals surface area (Å²) in [6.45, 7) is 0.397. The Hall–Kier alpha value is -2.69. The second kappa shape index (κ2) is 8.81. The summed E-state index contributed by atoms with van der Waals surface area (Å²) in [5.41, 5.74) is 1.19. The van der Waals surface area contributed by atoms with E-state index in [1.807, 2.05) is 0 Å². The lowest BCUT2D eigenvalue weighted by Crippen LogP contribution is -2.41. The second-order valence-electron chi connectivity index (χ2n) is 7.17. The number of nitrogens with zero attached hydrogens (tertiary/aromatic N) is 2. The molecule has 0 spiro atoms. The van der Waals surface area contributed by atoms with Crippen molar-refractivity contribution in [2.45, 2.75) is 17.7 Å². The number of piperidine rings is 1. The topological polar surface area (TPSA) is 79.4 Å². The molecule has 1 fully saturated rings. The summed E-state index contributed by atoms with van der Waals surface area (Å²) in [4.78, 5) is 17.0. The molecule has 0 aliphatic carbocycles. The molecule has 2 heterocycles. The maximum absolute atomic E-state index is 13.4. The maximum Gasteiger partial charge on any atom is 0.243 e. The van der Waals surface area contributed by atoms with E-state index in [1.54, 1.807) is 17.5 Å². The van der Waals surface area contributed by atoms with Crippen LogP contribution in [0, 0.1) is 17.6 Å². The first kappa shape index (κ1) is 21.5. The zero-order valence-electron chi connectivity index (χ0n) is 16.3. The number of nitrogens with one attached hydrogen (secondary N) is 1. The van der Waals surface area contributed by atoms with Crippen LogP contribution in [0.4, 0.5) is 13.9 Å². The van der Waals surface area contributed by atoms with Crippen molar-refractivity contribution in [1.29, 1.82) is 0 Å². The second-order valence-corrected chi connectivity index (χ2v) is 9.97. The highest BCUT2D eigenvalue weighted by atomic mass is 32.2. The minimum absolute atomic E-state index is 0.0319. The van der Waals surface area contributed by atoms with Crippen LogP contribution in [-0.4, -0.2) is 36.7 Å². The van der Waals surface area contributed by atoms with Crippen LogP contribution in [-0.2, 0) is 14.8 Å². The number of benzene rings is 2. The number of hydrogen-bond donors (Lipinski definition) is 1. The molecule has 1 aliphatic heterocycles. The molecule has 10 heteroatoms. The summed E-state index contributed by atoms with van der Waals surface area (Å²) in [5.74, 6) is -1.43. The first-order valence-corrected chi connectivity index (χ1v) is 11.9. The predicted molar refractivity (Wildman–Crippen MR) is 114 cm³/mol. The zero-order valence-corrected chi connectivity index (χ0v) is 17.9. The molecule has 0 saturated carbocycles. The number of sulfonamides is 1. The number of aromatic nitrogens is 1. The van der Waals surface area contributed by atoms with Crippen LogP contribution in [0.1, 0.15) is 12.8 Å². The van der Waals surface area contributed by atoms with Crippen molar-refractivity contribution in [3.63, 3.8) is 0 Å². The zero-order chi connectivity index (χ0) is 22.0. The average molecular weight is 464 g/mol. The molecule has 0 radical (unpaired) electrons. The van der Waals surface area contributed by atoms with Crippen molar-refractivity contribution in [3.05, 3.63) is 65.5 Å². The van der Waals surface area contributed by atoms with Gasteiger partial charge >= 0.3 is 0 Å². The first-order valence-electron chi connectivity index (χ1n) is 9.61. The fourth-order valence-electron chi connectivity index (χ4n) is 3.43. The van der Waals surface area contributed by atoms with Gasteiger partial charge in [0.05, 0.1) is 10.6 Å². The monoisotopic (exact) mass is 463 g/mol. The van der Waals surface area contributed by atoms with Gasteiger partial charge in [-0.3, -0.25) is 4.79 Å². The molecule has 0 unspecified atom stereocenters. The van der Waals surface area contributed by atoms with Gasteiger partial charge in [0, 0.05) is 30.0 Å². The summed E-state index contributed by atoms with van der Waals surface area (Å²) >= 11 is 1.24. The van der Waals surface area contributed by atoms with Crippen LogP contribution in [0.15, 0.2) is 58.8 Å². The third-order valence-corrected chi connectivity index (χ3v) is 7.80. The molecule has 1 amide bonds. The molecule has 1 saturated heterocycles. The van der Waals surface area contributed by atoms with E-state index in [0.717, 1.165) is 12.1 Å². The summed E-state index contributed by atoms with van der Waals surface area (Å²) < 4.78 is 53.2. The summed E-state index contributed by atoms with van der Waals surface area (Å²) in [7, 11) is -3.72. The Morgan fingerprint density at radius 1 is 1.06 bits per heavy atom. The summed E-state index contributed by atoms with van der Waals surface area (Å²) in [6, 6.07) is 10.7. The molecule has 0 atom stereocenters. The van der Waals surface area contributed by atoms with E-state index < -0.39 is 15.8 Å². The van der Waals surface area contributed by atoms with Gasteiger partial charge in [-0.15, -0.1) is 11.3 Å². The van der Waals surface area contributed by atoms with E-state index in [2.05, 4.69) is 10.3 Å². The van der Waals surface area contributed by atoms with Crippen LogP contribution in [0.25, 0.3) is 11.3 Å². The van der Waals surface area contributed by atoms with Gasteiger partial charge in [-0.2, -0.15) is 4.31 Å². The van der Waals surface area contributed by atoms with Crippen LogP contribution in [0.2, 0.25) is 0 Å². The third-order valence-electron chi connectivity index (χ3n) is 5.13. The Kier molecular flexibility index (Phi) is 6.12. The molecule has 0 bridgehead atoms. The number of amides is 1. The van der Waals surface area contributed by atoms with E-state index >= 15 is 0 Å². The predicted octanol–water partition coefficient (Wildman–Crippen LogP) is 4.13. The van der Waals surface area contributed by atoms with Gasteiger partial charge in [-0.05, 0) is 49.2 Å². The van der Waals surface area contributed by atoms with Crippen molar-refractivity contribution >= 4 is 32.4 Å². The molecule has 1 aliphatic rings. The third kappa shape index (κ3) is 4.81. The number of thiazole rings is 1. The van der Waals surface area contributed by atoms with Gasteiger partial charge in [-0.25, -0.2) is 22.2 Å². The van der Waals surface area contributed by atoms with E-state index in [1.165, 1.54) is 39.9 Å². The molecule has 4 rings (SSSR count). The van der Waals surface area contributed by atoms with E-state index in [9.17, 15) is 22.0 Å². The van der Waals surface area contributed by atoms with E-state index in [0.29, 0.717) is 29.2 Å². The van der Waals surface area contributed by atoms with E-state index in [4.69, 9.17) is 0 Å². The Balaban J connectivity index is 1.36. The molecule has 6 nitrogen and oxygen atoms in total. The number of anilines is 1. The highest BCUT2D eigenvalue weighted by Gasteiger charge is 2.32. The fraction of sp³-hybridized carbons (Fsp3) is 0.238. The molecular formula is C21H19F2N3O3S2. The summed E-state index contributed by atoms with van der Waals surface area (Å²) in [5, 5.41) is 4.92. The lowest BCUT2D eigenvalue weighted by atomic mass is 9.97. The standard InChI is InChI=1S/C21H19F2N3O3S2/c22-16-4-6-18(7-5-16)31(28,29)26-10-8-14(9-11-26)20(27)25-21-24-19(13-30-21)15-2-1-3-17(23)12-15/h1-7,12-14H,8-11H2,(H,24,25,27). The van der Waals surface area contributed by atoms with Crippen molar-refractivity contribution in [3.8, 4) is 11.3 Å². The number of hydrogen-bond acceptors (Lipinski definition) is 5. The smallest absolute Gasteiger partial charge is 0.243 e. The minimum atomic E-state index is -3.72. The van der Waals surface area contributed by atoms with Gasteiger partial charge in [0.2, 0.25) is 15.9 Å². The largest absolute Gasteiger partial charge is 0.302 e. The molecule has 162 valence electrons. The Morgan fingerprint density at radius 2 is 1.77 bits per heavy atom. The van der Waals surface area contributed by atoms with Crippen LogP contribution < -0.4 is 5.32 Å². The van der Waals surface area contributed by atoms with Gasteiger partial charge < -0.3 is 5.32 Å². The SMILES string of the molecule is O=C(Nc1nc(-c2cccc(F)c2)cs1)C1CCN(S(=O)(=O)c2ccc(F)cc2)CC1. The van der Waals surface area contributed by atoms with Gasteiger partial charge in [-0.1, -0.05) is 12.1 Å². The van der Waals surface area contributed by atoms with Gasteiger partial charge in [0.1, 0.15) is 11.6 Å². The van der Waals surface area contributed by atoms with Gasteiger partial charge in [0.25, 0.3) is 0 Å². The molecule has 31 heavy (non-hydrogen) atoms. The Morgan fingerprint density at radius 3 is 2.45 bits per heavy atom. The van der Waals surface area contributed by atoms with Crippen LogP contribution in [0.5, 0.6) is 0 Å². The number of rotatable bonds is 5. The normalized spacial score (nSPS) is 15.7. The lowest BCUT2D eigenvalue weighted by Gasteiger charge is -2.30. The van der Waals surface area contributed by atoms with Crippen molar-refractivity contribution in [2.75, 3.05) is 18.4 Å². The molecule has 2 aromatic carbocycles. The van der Waals surface area contributed by atoms with Gasteiger partial charge in [0.15, 0.2) is 5.13 Å². The highest BCUT2D eigenvalue weighted by Crippen LogP contribution is 2.28. The fourth-order valence-corrected chi connectivity index (χ4v) is 5.63. The molecular weight excluding hydrogens is 444 g/mol. The maximum atomic E-state index is 13.4. The van der Waals surface area contributed by atoms with E-state index in [-0.39, 0.29) is 35.6 Å². The van der Waals surface area contributed by atoms with Crippen molar-refractivity contribution in [2.24, 2.45) is 5.92 Å². The van der Waals surface area contributed by atoms with Crippen LogP contribution >= 0.6 is 11.3 Å². The first-order chi connectivity index (χ1) is 14.8. The van der Waals surface area contributed by atoms with Crippen molar-refractivity contribution in [1.82, 2.24) is 9.29 Å². The molecule has 1 aromatic heterocycles. The Bertz CT molecular complexity index is 1190. The number of halogens is 2. The van der Waals surface area contributed by atoms with Crippen molar-refractivity contribution < 1.29 is 22.0 Å². The highest BCUT2D eigenvalue weighted by molar-refractivity contribution is 7.89. The lowest BCUT2D eigenvalue weighted by molar-refractivity contribution is -0.120. The van der Waals surface area contributed by atoms with Crippen LogP contribution in [0.3, 0.4) is 0 Å². The Labute approximate surface area is 182 Å². The number of carbonyl (C=O) groups excluding carboxylic acids is 1.